The number of hydrogen-bond acceptors (Lipinski definition) is 5. The van der Waals surface area contributed by atoms with Crippen molar-refractivity contribution in [1.82, 2.24) is 9.88 Å². The number of benzene rings is 1. The molecule has 20 heavy (non-hydrogen) atoms. The van der Waals surface area contributed by atoms with E-state index in [1.54, 1.807) is 30.3 Å². The largest absolute Gasteiger partial charge is 0.389 e. The Hall–Kier alpha value is -1.77. The number of nitrogens with zero attached hydrogens (tertiary/aromatic N) is 1. The maximum atomic E-state index is 11.9. The first-order chi connectivity index (χ1) is 9.46. The van der Waals surface area contributed by atoms with Crippen molar-refractivity contribution in [3.05, 3.63) is 53.4 Å². The Morgan fingerprint density at radius 2 is 2.20 bits per heavy atom. The van der Waals surface area contributed by atoms with Crippen LogP contribution in [0.5, 0.6) is 0 Å². The summed E-state index contributed by atoms with van der Waals surface area (Å²) in [6.45, 7) is 0.0911. The average molecular weight is 311 g/mol. The average Bonchev–Trinajstić information content (AvgIpc) is 2.89. The monoisotopic (exact) mass is 311 g/mol. The predicted molar refractivity (Wildman–Crippen MR) is 78.3 cm³/mol. The molecule has 0 aliphatic carbocycles. The molecule has 8 heteroatoms. The number of rotatable bonds is 6. The molecular formula is C12H13N3O3S2. The van der Waals surface area contributed by atoms with E-state index in [-0.39, 0.29) is 17.3 Å². The first kappa shape index (κ1) is 14.6. The molecule has 1 heterocycles. The van der Waals surface area contributed by atoms with Gasteiger partial charge in [-0.1, -0.05) is 35.6 Å². The normalized spacial score (nSPS) is 11.4. The van der Waals surface area contributed by atoms with E-state index in [9.17, 15) is 8.42 Å². The Kier molecular flexibility index (Phi) is 4.48. The Morgan fingerprint density at radius 1 is 1.40 bits per heavy atom. The number of thiocarbonyl (C=S) groups is 1. The van der Waals surface area contributed by atoms with Gasteiger partial charge >= 0.3 is 0 Å². The van der Waals surface area contributed by atoms with Crippen LogP contribution in [0.3, 0.4) is 0 Å². The molecule has 0 atom stereocenters. The maximum absolute atomic E-state index is 11.9. The second-order valence-corrected chi connectivity index (χ2v) is 6.38. The van der Waals surface area contributed by atoms with Crippen LogP contribution in [0.2, 0.25) is 0 Å². The van der Waals surface area contributed by atoms with Gasteiger partial charge in [0.15, 0.2) is 0 Å². The molecule has 0 aliphatic heterocycles. The maximum Gasteiger partial charge on any atom is 0.216 e. The molecule has 0 spiro atoms. The molecule has 2 aromatic rings. The van der Waals surface area contributed by atoms with Crippen LogP contribution >= 0.6 is 12.2 Å². The molecule has 0 unspecified atom stereocenters. The minimum atomic E-state index is -3.47. The first-order valence-electron chi connectivity index (χ1n) is 5.71. The zero-order chi connectivity index (χ0) is 14.6. The lowest BCUT2D eigenvalue weighted by Gasteiger charge is -2.06. The Morgan fingerprint density at radius 3 is 2.85 bits per heavy atom. The molecule has 0 amide bonds. The molecular weight excluding hydrogens is 298 g/mol. The number of nitrogens with one attached hydrogen (secondary N) is 1. The highest BCUT2D eigenvalue weighted by Crippen LogP contribution is 2.09. The van der Waals surface area contributed by atoms with Crippen molar-refractivity contribution < 1.29 is 12.9 Å². The highest BCUT2D eigenvalue weighted by atomic mass is 32.2. The Bertz CT molecular complexity index is 696. The van der Waals surface area contributed by atoms with Gasteiger partial charge in [0.1, 0.15) is 11.3 Å². The second kappa shape index (κ2) is 6.12. The summed E-state index contributed by atoms with van der Waals surface area (Å²) in [6, 6.07) is 8.42. The van der Waals surface area contributed by atoms with Crippen molar-refractivity contribution in [2.24, 2.45) is 5.73 Å². The summed E-state index contributed by atoms with van der Waals surface area (Å²) in [5.41, 5.74) is 7.29. The van der Waals surface area contributed by atoms with Gasteiger partial charge in [0.25, 0.3) is 0 Å². The topological polar surface area (TPSA) is 98.2 Å². The lowest BCUT2D eigenvalue weighted by molar-refractivity contribution is 0.411. The summed E-state index contributed by atoms with van der Waals surface area (Å²) in [6.07, 6.45) is 1.38. The van der Waals surface area contributed by atoms with Gasteiger partial charge in [0, 0.05) is 11.6 Å². The van der Waals surface area contributed by atoms with Gasteiger partial charge in [-0.15, -0.1) is 0 Å². The zero-order valence-corrected chi connectivity index (χ0v) is 12.1. The predicted octanol–water partition coefficient (Wildman–Crippen LogP) is 0.928. The fourth-order valence-electron chi connectivity index (χ4n) is 1.60. The number of hydrogen-bond donors (Lipinski definition) is 2. The van der Waals surface area contributed by atoms with E-state index in [1.807, 2.05) is 0 Å². The summed E-state index contributed by atoms with van der Waals surface area (Å²) >= 11 is 4.86. The summed E-state index contributed by atoms with van der Waals surface area (Å²) in [5.74, 6) is -0.151. The van der Waals surface area contributed by atoms with Crippen molar-refractivity contribution in [3.63, 3.8) is 0 Å². The molecule has 6 nitrogen and oxygen atoms in total. The van der Waals surface area contributed by atoms with E-state index in [0.29, 0.717) is 16.8 Å². The molecule has 0 saturated carbocycles. The van der Waals surface area contributed by atoms with Gasteiger partial charge in [0.2, 0.25) is 10.0 Å². The standard InChI is InChI=1S/C12H13N3O3S2/c13-12(19)10-3-1-2-9(6-10)8-20(16,17)14-7-11-4-5-18-15-11/h1-6,14H,7-8H2,(H2,13,19). The van der Waals surface area contributed by atoms with E-state index in [1.165, 1.54) is 6.26 Å². The minimum Gasteiger partial charge on any atom is -0.389 e. The third-order valence-electron chi connectivity index (χ3n) is 2.53. The molecule has 0 fully saturated rings. The molecule has 1 aromatic heterocycles. The quantitative estimate of drug-likeness (QED) is 0.770. The van der Waals surface area contributed by atoms with Crippen LogP contribution in [-0.4, -0.2) is 18.6 Å². The number of aromatic nitrogens is 1. The van der Waals surface area contributed by atoms with E-state index in [4.69, 9.17) is 18.0 Å². The third-order valence-corrected chi connectivity index (χ3v) is 4.07. The molecule has 106 valence electrons. The van der Waals surface area contributed by atoms with Crippen LogP contribution in [0.15, 0.2) is 41.1 Å². The minimum absolute atomic E-state index is 0.0911. The van der Waals surface area contributed by atoms with Crippen LogP contribution in [-0.2, 0) is 22.3 Å². The van der Waals surface area contributed by atoms with Gasteiger partial charge in [-0.05, 0) is 11.6 Å². The highest BCUT2D eigenvalue weighted by Gasteiger charge is 2.12. The lowest BCUT2D eigenvalue weighted by atomic mass is 10.1. The van der Waals surface area contributed by atoms with Crippen LogP contribution in [0.25, 0.3) is 0 Å². The van der Waals surface area contributed by atoms with Crippen molar-refractivity contribution >= 4 is 27.2 Å². The number of nitrogens with two attached hydrogens (primary N) is 1. The fraction of sp³-hybridized carbons (Fsp3) is 0.167. The van der Waals surface area contributed by atoms with Crippen molar-refractivity contribution in [2.75, 3.05) is 0 Å². The second-order valence-electron chi connectivity index (χ2n) is 4.14. The molecule has 0 bridgehead atoms. The molecule has 1 aromatic carbocycles. The van der Waals surface area contributed by atoms with Gasteiger partial charge in [-0.25, -0.2) is 13.1 Å². The van der Waals surface area contributed by atoms with E-state index < -0.39 is 10.0 Å². The van der Waals surface area contributed by atoms with E-state index in [2.05, 4.69) is 14.4 Å². The smallest absolute Gasteiger partial charge is 0.216 e. The molecule has 0 radical (unpaired) electrons. The highest BCUT2D eigenvalue weighted by molar-refractivity contribution is 7.88. The first-order valence-corrected chi connectivity index (χ1v) is 7.78. The Labute approximate surface area is 122 Å². The van der Waals surface area contributed by atoms with E-state index in [0.717, 1.165) is 0 Å². The summed E-state index contributed by atoms with van der Waals surface area (Å²) < 4.78 is 31.0. The van der Waals surface area contributed by atoms with E-state index >= 15 is 0 Å². The van der Waals surface area contributed by atoms with Crippen LogP contribution in [0.4, 0.5) is 0 Å². The number of sulfonamides is 1. The molecule has 3 N–H and O–H groups in total. The Balaban J connectivity index is 2.04. The van der Waals surface area contributed by atoms with Crippen molar-refractivity contribution in [2.45, 2.75) is 12.3 Å². The summed E-state index contributed by atoms with van der Waals surface area (Å²) in [7, 11) is -3.47. The SMILES string of the molecule is NC(=S)c1cccc(CS(=O)(=O)NCc2ccon2)c1. The fourth-order valence-corrected chi connectivity index (χ4v) is 2.81. The van der Waals surface area contributed by atoms with Crippen molar-refractivity contribution in [1.29, 1.82) is 0 Å². The molecule has 0 aliphatic rings. The summed E-state index contributed by atoms with van der Waals surface area (Å²) in [5, 5.41) is 3.63. The summed E-state index contributed by atoms with van der Waals surface area (Å²) in [4.78, 5) is 0.236. The van der Waals surface area contributed by atoms with Crippen LogP contribution < -0.4 is 10.5 Å². The van der Waals surface area contributed by atoms with Crippen molar-refractivity contribution in [3.8, 4) is 0 Å². The van der Waals surface area contributed by atoms with Crippen LogP contribution in [0.1, 0.15) is 16.8 Å². The lowest BCUT2D eigenvalue weighted by Crippen LogP contribution is -2.25. The third kappa shape index (κ3) is 4.12. The van der Waals surface area contributed by atoms with Gasteiger partial charge in [-0.3, -0.25) is 0 Å². The van der Waals surface area contributed by atoms with Gasteiger partial charge in [0.05, 0.1) is 18.0 Å². The zero-order valence-electron chi connectivity index (χ0n) is 10.4. The van der Waals surface area contributed by atoms with Gasteiger partial charge < -0.3 is 10.3 Å². The molecule has 2 rings (SSSR count). The van der Waals surface area contributed by atoms with Crippen LogP contribution in [0, 0.1) is 0 Å². The van der Waals surface area contributed by atoms with Gasteiger partial charge in [-0.2, -0.15) is 0 Å². The molecule has 0 saturated heterocycles.